The number of hydrogen-bond donors (Lipinski definition) is 1. The molecule has 2 N–H and O–H groups in total. The van der Waals surface area contributed by atoms with Gasteiger partial charge in [0.25, 0.3) is 0 Å². The summed E-state index contributed by atoms with van der Waals surface area (Å²) >= 11 is 0. The molecule has 3 heteroatoms. The molecule has 1 atom stereocenters. The lowest BCUT2D eigenvalue weighted by atomic mass is 9.78. The van der Waals surface area contributed by atoms with Gasteiger partial charge in [-0.05, 0) is 61.3 Å². The lowest BCUT2D eigenvalue weighted by Crippen LogP contribution is -2.18. The summed E-state index contributed by atoms with van der Waals surface area (Å²) in [7, 11) is 0. The van der Waals surface area contributed by atoms with Crippen molar-refractivity contribution in [2.75, 3.05) is 5.73 Å². The summed E-state index contributed by atoms with van der Waals surface area (Å²) in [4.78, 5) is 4.61. The van der Waals surface area contributed by atoms with Gasteiger partial charge in [-0.3, -0.25) is 0 Å². The van der Waals surface area contributed by atoms with Crippen molar-refractivity contribution in [1.82, 2.24) is 4.98 Å². The van der Waals surface area contributed by atoms with Gasteiger partial charge in [-0.25, -0.2) is 4.98 Å². The standard InChI is InChI=1S/C24H23N3/c1-15-8-9-16(2)19(12-15)23-20-13-18(17-6-4-3-5-7-17)10-11-22(20)27-24(26)21(23)14-25/h3-9,12,18H,10-11,13H2,1-2H3,(H2,26,27). The van der Waals surface area contributed by atoms with Crippen molar-refractivity contribution in [3.8, 4) is 17.2 Å². The molecule has 0 saturated heterocycles. The van der Waals surface area contributed by atoms with Gasteiger partial charge in [0, 0.05) is 11.3 Å². The summed E-state index contributed by atoms with van der Waals surface area (Å²) < 4.78 is 0. The molecule has 1 heterocycles. The van der Waals surface area contributed by atoms with E-state index in [2.05, 4.69) is 73.4 Å². The number of nitrogens with zero attached hydrogens (tertiary/aromatic N) is 2. The first-order valence-electron chi connectivity index (χ1n) is 9.42. The number of fused-ring (bicyclic) bond motifs is 1. The van der Waals surface area contributed by atoms with Gasteiger partial charge >= 0.3 is 0 Å². The topological polar surface area (TPSA) is 62.7 Å². The molecule has 3 nitrogen and oxygen atoms in total. The van der Waals surface area contributed by atoms with Gasteiger partial charge in [0.05, 0.1) is 0 Å². The zero-order valence-corrected chi connectivity index (χ0v) is 15.8. The number of nitrogen functional groups attached to an aromatic ring is 1. The summed E-state index contributed by atoms with van der Waals surface area (Å²) in [6.07, 6.45) is 2.84. The Morgan fingerprint density at radius 2 is 1.89 bits per heavy atom. The number of aromatic nitrogens is 1. The number of anilines is 1. The third kappa shape index (κ3) is 3.08. The molecule has 4 rings (SSSR count). The molecule has 0 bridgehead atoms. The van der Waals surface area contributed by atoms with Gasteiger partial charge in [-0.2, -0.15) is 5.26 Å². The molecule has 2 aromatic carbocycles. The largest absolute Gasteiger partial charge is 0.383 e. The minimum Gasteiger partial charge on any atom is -0.383 e. The first kappa shape index (κ1) is 17.3. The highest BCUT2D eigenvalue weighted by atomic mass is 14.9. The molecule has 0 amide bonds. The van der Waals surface area contributed by atoms with E-state index in [0.717, 1.165) is 41.6 Å². The summed E-state index contributed by atoms with van der Waals surface area (Å²) in [5.41, 5.74) is 14.7. The van der Waals surface area contributed by atoms with Crippen molar-refractivity contribution in [2.24, 2.45) is 0 Å². The Hall–Kier alpha value is -3.12. The Bertz CT molecular complexity index is 1050. The van der Waals surface area contributed by atoms with E-state index in [0.29, 0.717) is 17.3 Å². The van der Waals surface area contributed by atoms with Crippen LogP contribution >= 0.6 is 0 Å². The molecule has 0 fully saturated rings. The van der Waals surface area contributed by atoms with Gasteiger partial charge in [-0.15, -0.1) is 0 Å². The Balaban J connectivity index is 1.93. The summed E-state index contributed by atoms with van der Waals surface area (Å²) in [5, 5.41) is 9.84. The molecular formula is C24H23N3. The highest BCUT2D eigenvalue weighted by Gasteiger charge is 2.27. The number of nitriles is 1. The molecule has 134 valence electrons. The van der Waals surface area contributed by atoms with E-state index in [1.807, 2.05) is 0 Å². The molecule has 0 radical (unpaired) electrons. The van der Waals surface area contributed by atoms with Crippen molar-refractivity contribution >= 4 is 5.82 Å². The third-order valence-electron chi connectivity index (χ3n) is 5.64. The Labute approximate surface area is 160 Å². The van der Waals surface area contributed by atoms with E-state index in [-0.39, 0.29) is 0 Å². The van der Waals surface area contributed by atoms with Crippen molar-refractivity contribution in [1.29, 1.82) is 5.26 Å². The fraction of sp³-hybridized carbons (Fsp3) is 0.250. The predicted octanol–water partition coefficient (Wildman–Crippen LogP) is 5.09. The van der Waals surface area contributed by atoms with Gasteiger partial charge in [0.1, 0.15) is 17.5 Å². The highest BCUT2D eigenvalue weighted by molar-refractivity contribution is 5.81. The average Bonchev–Trinajstić information content (AvgIpc) is 2.69. The van der Waals surface area contributed by atoms with Gasteiger partial charge in [0.15, 0.2) is 0 Å². The zero-order chi connectivity index (χ0) is 19.0. The number of nitrogens with two attached hydrogens (primary N) is 1. The molecule has 0 spiro atoms. The lowest BCUT2D eigenvalue weighted by Gasteiger charge is -2.28. The maximum Gasteiger partial charge on any atom is 0.142 e. The predicted molar refractivity (Wildman–Crippen MR) is 109 cm³/mol. The van der Waals surface area contributed by atoms with Crippen LogP contribution in [-0.2, 0) is 12.8 Å². The first-order chi connectivity index (χ1) is 13.1. The normalized spacial score (nSPS) is 15.8. The number of hydrogen-bond acceptors (Lipinski definition) is 3. The van der Waals surface area contributed by atoms with Crippen LogP contribution in [0.5, 0.6) is 0 Å². The number of pyridine rings is 1. The number of rotatable bonds is 2. The minimum atomic E-state index is 0.352. The van der Waals surface area contributed by atoms with Crippen LogP contribution in [0.1, 0.15) is 45.8 Å². The molecule has 3 aromatic rings. The molecule has 1 aliphatic rings. The van der Waals surface area contributed by atoms with Crippen LogP contribution in [0.15, 0.2) is 48.5 Å². The second-order valence-electron chi connectivity index (χ2n) is 7.45. The van der Waals surface area contributed by atoms with E-state index in [9.17, 15) is 5.26 Å². The SMILES string of the molecule is Cc1ccc(C)c(-c2c(C#N)c(N)nc3c2CC(c2ccccc2)CC3)c1. The quantitative estimate of drug-likeness (QED) is 0.698. The molecule has 1 aromatic heterocycles. The molecule has 27 heavy (non-hydrogen) atoms. The zero-order valence-electron chi connectivity index (χ0n) is 15.8. The van der Waals surface area contributed by atoms with E-state index in [1.54, 1.807) is 0 Å². The highest BCUT2D eigenvalue weighted by Crippen LogP contribution is 2.41. The van der Waals surface area contributed by atoms with Crippen molar-refractivity contribution in [3.63, 3.8) is 0 Å². The van der Waals surface area contributed by atoms with E-state index >= 15 is 0 Å². The summed E-state index contributed by atoms with van der Waals surface area (Å²) in [6, 6.07) is 19.4. The van der Waals surface area contributed by atoms with Gasteiger partial charge in [-0.1, -0.05) is 54.1 Å². The van der Waals surface area contributed by atoms with Crippen molar-refractivity contribution < 1.29 is 0 Å². The summed E-state index contributed by atoms with van der Waals surface area (Å²) in [6.45, 7) is 4.18. The van der Waals surface area contributed by atoms with Crippen LogP contribution < -0.4 is 5.73 Å². The third-order valence-corrected chi connectivity index (χ3v) is 5.64. The van der Waals surface area contributed by atoms with Crippen LogP contribution in [0.3, 0.4) is 0 Å². The second-order valence-corrected chi connectivity index (χ2v) is 7.45. The number of benzene rings is 2. The maximum absolute atomic E-state index is 9.84. The number of aryl methyl sites for hydroxylation is 3. The Morgan fingerprint density at radius 3 is 2.63 bits per heavy atom. The Kier molecular flexibility index (Phi) is 4.41. The van der Waals surface area contributed by atoms with Gasteiger partial charge in [0.2, 0.25) is 0 Å². The van der Waals surface area contributed by atoms with Crippen LogP contribution in [0.25, 0.3) is 11.1 Å². The Morgan fingerprint density at radius 1 is 1.11 bits per heavy atom. The summed E-state index contributed by atoms with van der Waals surface area (Å²) in [5.74, 6) is 0.796. The van der Waals surface area contributed by atoms with Gasteiger partial charge < -0.3 is 5.73 Å². The van der Waals surface area contributed by atoms with E-state index in [4.69, 9.17) is 5.73 Å². The van der Waals surface area contributed by atoms with Crippen LogP contribution in [-0.4, -0.2) is 4.98 Å². The minimum absolute atomic E-state index is 0.352. The molecule has 0 saturated carbocycles. The fourth-order valence-electron chi connectivity index (χ4n) is 4.20. The van der Waals surface area contributed by atoms with Crippen LogP contribution in [0, 0.1) is 25.2 Å². The van der Waals surface area contributed by atoms with Crippen molar-refractivity contribution in [2.45, 2.75) is 39.0 Å². The van der Waals surface area contributed by atoms with E-state index < -0.39 is 0 Å². The van der Waals surface area contributed by atoms with Crippen LogP contribution in [0.4, 0.5) is 5.82 Å². The lowest BCUT2D eigenvalue weighted by molar-refractivity contribution is 0.576. The van der Waals surface area contributed by atoms with E-state index in [1.165, 1.54) is 16.7 Å². The average molecular weight is 353 g/mol. The second kappa shape index (κ2) is 6.89. The first-order valence-corrected chi connectivity index (χ1v) is 9.42. The van der Waals surface area contributed by atoms with Crippen molar-refractivity contribution in [3.05, 3.63) is 82.0 Å². The monoisotopic (exact) mass is 353 g/mol. The fourth-order valence-corrected chi connectivity index (χ4v) is 4.20. The molecule has 1 aliphatic carbocycles. The molecule has 0 aliphatic heterocycles. The molecular weight excluding hydrogens is 330 g/mol. The van der Waals surface area contributed by atoms with Crippen LogP contribution in [0.2, 0.25) is 0 Å². The smallest absolute Gasteiger partial charge is 0.142 e. The maximum atomic E-state index is 9.84. The molecule has 1 unspecified atom stereocenters.